The van der Waals surface area contributed by atoms with E-state index in [1.807, 2.05) is 0 Å². The van der Waals surface area contributed by atoms with Crippen LogP contribution in [0.3, 0.4) is 0 Å². The fourth-order valence-electron chi connectivity index (χ4n) is 2.08. The molecule has 0 bridgehead atoms. The van der Waals surface area contributed by atoms with Crippen LogP contribution in [0, 0.1) is 0 Å². The first-order valence-corrected chi connectivity index (χ1v) is 9.09. The quantitative estimate of drug-likeness (QED) is 0.373. The van der Waals surface area contributed by atoms with Gasteiger partial charge in [-0.1, -0.05) is 54.6 Å². The third-order valence-corrected chi connectivity index (χ3v) is 5.17. The summed E-state index contributed by atoms with van der Waals surface area (Å²) in [5.41, 5.74) is 0. The summed E-state index contributed by atoms with van der Waals surface area (Å²) in [6.45, 7) is 0. The topological polar surface area (TPSA) is 0 Å². The molecule has 0 fully saturated rings. The largest absolute Gasteiger partial charge is 1.00 e. The van der Waals surface area contributed by atoms with E-state index in [2.05, 4.69) is 91.0 Å². The second-order valence-corrected chi connectivity index (χ2v) is 6.85. The van der Waals surface area contributed by atoms with Crippen molar-refractivity contribution in [1.29, 1.82) is 0 Å². The van der Waals surface area contributed by atoms with Crippen LogP contribution in [0.5, 0.6) is 0 Å². The van der Waals surface area contributed by atoms with Crippen molar-refractivity contribution in [3.8, 4) is 0 Å². The minimum absolute atomic E-state index is 0. The highest BCUT2D eigenvalue weighted by atomic mass is 32.2. The lowest BCUT2D eigenvalue weighted by atomic mass is 10.4. The van der Waals surface area contributed by atoms with E-state index in [9.17, 15) is 12.6 Å². The molecule has 0 aliphatic heterocycles. The highest BCUT2D eigenvalue weighted by Gasteiger charge is 2.27. The zero-order valence-electron chi connectivity index (χ0n) is 12.5. The van der Waals surface area contributed by atoms with Gasteiger partial charge < -0.3 is 4.70 Å². The molecule has 0 spiro atoms. The summed E-state index contributed by atoms with van der Waals surface area (Å²) in [7, 11) is -4.14. The van der Waals surface area contributed by atoms with E-state index in [0.717, 1.165) is 0 Å². The summed E-state index contributed by atoms with van der Waals surface area (Å²) in [6, 6.07) is 32.2. The Labute approximate surface area is 143 Å². The van der Waals surface area contributed by atoms with Crippen LogP contribution < -0.4 is 4.70 Å². The van der Waals surface area contributed by atoms with Crippen molar-refractivity contribution in [3.63, 3.8) is 0 Å². The van der Waals surface area contributed by atoms with Gasteiger partial charge in [-0.05, 0) is 36.4 Å². The zero-order chi connectivity index (χ0) is 16.5. The Morgan fingerprint density at radius 2 is 0.708 bits per heavy atom. The molecule has 0 aromatic heterocycles. The maximum atomic E-state index is 9.73. The van der Waals surface area contributed by atoms with E-state index in [-0.39, 0.29) is 15.6 Å². The van der Waals surface area contributed by atoms with E-state index in [1.165, 1.54) is 14.7 Å². The Balaban J connectivity index is 0.000000522. The average Bonchev–Trinajstić information content (AvgIpc) is 2.58. The molecule has 0 radical (unpaired) electrons. The maximum absolute atomic E-state index is 9.73. The monoisotopic (exact) mass is 370 g/mol. The molecule has 0 saturated heterocycles. The lowest BCUT2D eigenvalue weighted by Crippen LogP contribution is -3.00. The number of halogens is 4. The second kappa shape index (κ2) is 10.8. The maximum Gasteiger partial charge on any atom is 0.456 e. The molecule has 0 atom stereocenters. The third kappa shape index (κ3) is 6.34. The fraction of sp³-hybridized carbons (Fsp3) is 0. The van der Waals surface area contributed by atoms with Crippen molar-refractivity contribution in [2.24, 2.45) is 0 Å². The molecule has 0 amide bonds. The fourth-order valence-corrected chi connectivity index (χ4v) is 4.18. The van der Waals surface area contributed by atoms with Crippen LogP contribution in [0.2, 0.25) is 0 Å². The Hall–Kier alpha value is -1.84. The first-order chi connectivity index (χ1) is 11.2. The highest BCUT2D eigenvalue weighted by Crippen LogP contribution is 2.39. The molecule has 0 N–H and O–H groups in total. The van der Waals surface area contributed by atoms with E-state index in [0.29, 0.717) is 0 Å². The van der Waals surface area contributed by atoms with Crippen molar-refractivity contribution >= 4 is 19.7 Å². The van der Waals surface area contributed by atoms with Crippen LogP contribution in [0.4, 0.5) is 12.6 Å². The van der Waals surface area contributed by atoms with Gasteiger partial charge in [0.2, 0.25) is 0 Å². The average molecular weight is 370 g/mol. The van der Waals surface area contributed by atoms with Crippen molar-refractivity contribution in [2.75, 3.05) is 0 Å². The molecule has 126 valence electrons. The summed E-state index contributed by atoms with van der Waals surface area (Å²) in [6.07, 6.45) is 0. The predicted molar refractivity (Wildman–Crippen MR) is 91.7 cm³/mol. The van der Waals surface area contributed by atoms with Gasteiger partial charge in [0.25, 0.3) is 0 Å². The zero-order valence-corrected chi connectivity index (χ0v) is 14.2. The normalized spacial score (nSPS) is 9.88. The first kappa shape index (κ1) is 20.2. The van der Waals surface area contributed by atoms with Crippen LogP contribution in [0.1, 0.15) is 0 Å². The summed E-state index contributed by atoms with van der Waals surface area (Å²) >= 11 is 0. The van der Waals surface area contributed by atoms with E-state index < -0.39 is 8.85 Å². The molecule has 0 aliphatic rings. The van der Waals surface area contributed by atoms with Gasteiger partial charge >= 0.3 is 8.85 Å². The van der Waals surface area contributed by atoms with Gasteiger partial charge in [0.15, 0.2) is 14.7 Å². The van der Waals surface area contributed by atoms with Crippen LogP contribution >= 0.6 is 8.85 Å². The number of benzene rings is 3. The van der Waals surface area contributed by atoms with Gasteiger partial charge in [-0.2, -0.15) is 12.6 Å². The molecule has 0 aliphatic carbocycles. The van der Waals surface area contributed by atoms with Gasteiger partial charge in [-0.3, -0.25) is 0 Å². The Kier molecular flexibility index (Phi) is 9.13. The number of hydrogen-bond acceptors (Lipinski definition) is 0. The molecule has 0 nitrogen and oxygen atoms in total. The number of hydrogen-bond donors (Lipinski definition) is 0. The molecular formula is C18H15F4PS. The van der Waals surface area contributed by atoms with Gasteiger partial charge in [-0.15, -0.1) is 0 Å². The Bertz CT molecular complexity index is 584. The van der Waals surface area contributed by atoms with E-state index in [4.69, 9.17) is 0 Å². The Morgan fingerprint density at radius 1 is 0.500 bits per heavy atom. The lowest BCUT2D eigenvalue weighted by molar-refractivity contribution is -0.00000708. The van der Waals surface area contributed by atoms with Crippen LogP contribution in [-0.4, -0.2) is 0 Å². The SMILES string of the molecule is FP(F)F.[F-].c1ccc([S+](c2ccccc2)c2ccccc2)cc1. The summed E-state index contributed by atoms with van der Waals surface area (Å²) in [5, 5.41) is 0. The van der Waals surface area contributed by atoms with E-state index >= 15 is 0 Å². The molecule has 6 heteroatoms. The van der Waals surface area contributed by atoms with Gasteiger partial charge in [-0.25, -0.2) is 0 Å². The molecule has 3 aromatic carbocycles. The first-order valence-electron chi connectivity index (χ1n) is 6.85. The van der Waals surface area contributed by atoms with Crippen molar-refractivity contribution in [1.82, 2.24) is 0 Å². The predicted octanol–water partition coefficient (Wildman–Crippen LogP) is 3.91. The minimum atomic E-state index is -4.12. The Morgan fingerprint density at radius 3 is 0.917 bits per heavy atom. The van der Waals surface area contributed by atoms with E-state index in [1.54, 1.807) is 0 Å². The lowest BCUT2D eigenvalue weighted by Gasteiger charge is -2.07. The molecule has 0 unspecified atom stereocenters. The third-order valence-electron chi connectivity index (χ3n) is 2.94. The van der Waals surface area contributed by atoms with Gasteiger partial charge in [0, 0.05) is 0 Å². The minimum Gasteiger partial charge on any atom is -1.00 e. The van der Waals surface area contributed by atoms with Gasteiger partial charge in [0.05, 0.1) is 10.9 Å². The smallest absolute Gasteiger partial charge is 0.456 e. The molecular weight excluding hydrogens is 355 g/mol. The standard InChI is InChI=1S/C18H15S.F3P.FH/c1-4-10-16(11-5-1)19(17-12-6-2-7-13-17)18-14-8-3-9-15-18;1-4(2)3;/h1-15H;;1H/q+1;;/p-1. The van der Waals surface area contributed by atoms with Crippen LogP contribution in [0.25, 0.3) is 0 Å². The molecule has 0 saturated carbocycles. The molecule has 3 rings (SSSR count). The van der Waals surface area contributed by atoms with Crippen molar-refractivity contribution in [2.45, 2.75) is 14.7 Å². The van der Waals surface area contributed by atoms with Crippen molar-refractivity contribution in [3.05, 3.63) is 91.0 Å². The van der Waals surface area contributed by atoms with Crippen LogP contribution in [-0.2, 0) is 10.9 Å². The number of rotatable bonds is 3. The molecule has 0 heterocycles. The second-order valence-electron chi connectivity index (χ2n) is 4.44. The summed E-state index contributed by atoms with van der Waals surface area (Å²) < 4.78 is 29.2. The van der Waals surface area contributed by atoms with Crippen molar-refractivity contribution < 1.29 is 17.3 Å². The van der Waals surface area contributed by atoms with Crippen LogP contribution in [0.15, 0.2) is 106 Å². The molecule has 24 heavy (non-hydrogen) atoms. The summed E-state index contributed by atoms with van der Waals surface area (Å²) in [4.78, 5) is 4.08. The summed E-state index contributed by atoms with van der Waals surface area (Å²) in [5.74, 6) is 0. The highest BCUT2D eigenvalue weighted by molar-refractivity contribution is 7.97. The van der Waals surface area contributed by atoms with Gasteiger partial charge in [0.1, 0.15) is 0 Å². The molecule has 3 aromatic rings.